The Bertz CT molecular complexity index is 214. The van der Waals surface area contributed by atoms with Crippen LogP contribution < -0.4 is 51.4 Å². The van der Waals surface area contributed by atoms with E-state index in [1.807, 2.05) is 0 Å². The molecule has 0 spiro atoms. The molecule has 0 saturated carbocycles. The zero-order valence-electron chi connectivity index (χ0n) is 4.42. The molecule has 0 aromatic carbocycles. The van der Waals surface area contributed by atoms with Gasteiger partial charge in [0.2, 0.25) is 0 Å². The molecule has 9 heavy (non-hydrogen) atoms. The van der Waals surface area contributed by atoms with Gasteiger partial charge in [-0.1, -0.05) is 0 Å². The number of carbonyl (C=O) groups excluding carboxylic acids is 1. The van der Waals surface area contributed by atoms with Crippen LogP contribution >= 0.6 is 35.2 Å². The molecular weight excluding hydrogens is 302 g/mol. The standard InChI is InChI=1S/C2IO3S2.K/c3-6-8(5,1-4)2-7;/q-1;+1. The zero-order chi connectivity index (χ0) is 6.62. The van der Waals surface area contributed by atoms with E-state index < -0.39 is 9.80 Å². The minimum Gasteiger partial charge on any atom is -0.526 e. The topological polar surface area (TPSA) is 43.4 Å². The fourth-order valence-corrected chi connectivity index (χ4v) is 1.19. The van der Waals surface area contributed by atoms with E-state index in [2.05, 4.69) is 14.7 Å². The average molecular weight is 302 g/mol. The average Bonchev–Trinajstić information content (AvgIpc) is 1.87. The molecule has 0 saturated heterocycles. The van der Waals surface area contributed by atoms with Crippen LogP contribution in [0.3, 0.4) is 0 Å². The van der Waals surface area contributed by atoms with Crippen molar-refractivity contribution in [1.29, 1.82) is 0 Å². The van der Waals surface area contributed by atoms with Crippen LogP contribution in [-0.4, -0.2) is 14.1 Å². The van der Waals surface area contributed by atoms with Gasteiger partial charge < -0.3 is 4.79 Å². The Labute approximate surface area is 115 Å². The first-order valence-electron chi connectivity index (χ1n) is 1.30. The molecule has 0 aromatic heterocycles. The molecule has 0 N–H and O–H groups in total. The van der Waals surface area contributed by atoms with Crippen LogP contribution in [0.4, 0.5) is 0 Å². The molecule has 0 rings (SSSR count). The van der Waals surface area contributed by atoms with Crippen LogP contribution in [0.15, 0.2) is 0 Å². The first kappa shape index (κ1) is 13.7. The van der Waals surface area contributed by atoms with Gasteiger partial charge in [0.05, 0.1) is 0 Å². The minimum absolute atomic E-state index is 0. The summed E-state index contributed by atoms with van der Waals surface area (Å²) in [6, 6.07) is 0. The maximum Gasteiger partial charge on any atom is 1.00 e. The van der Waals surface area contributed by atoms with Gasteiger partial charge in [-0.25, -0.2) is 2.51 Å². The number of hydrogen-bond donors (Lipinski definition) is 0. The van der Waals surface area contributed by atoms with Crippen LogP contribution in [0.5, 0.6) is 0 Å². The predicted octanol–water partition coefficient (Wildman–Crippen LogP) is -2.54. The van der Waals surface area contributed by atoms with Gasteiger partial charge in [0, 0.05) is 14.1 Å². The molecule has 0 radical (unpaired) electrons. The Morgan fingerprint density at radius 1 is 1.78 bits per heavy atom. The Morgan fingerprint density at radius 2 is 2.22 bits per heavy atom. The van der Waals surface area contributed by atoms with Crippen LogP contribution in [0.1, 0.15) is 0 Å². The van der Waals surface area contributed by atoms with Gasteiger partial charge >= 0.3 is 51.4 Å². The van der Waals surface area contributed by atoms with E-state index >= 15 is 0 Å². The Kier molecular flexibility index (Phi) is 10.4. The van der Waals surface area contributed by atoms with Gasteiger partial charge in [0.15, 0.2) is 0 Å². The van der Waals surface area contributed by atoms with Crippen molar-refractivity contribution in [2.45, 2.75) is 0 Å². The summed E-state index contributed by atoms with van der Waals surface area (Å²) in [6.45, 7) is 0. The molecule has 1 atom stereocenters. The van der Waals surface area contributed by atoms with Crippen molar-refractivity contribution in [1.82, 2.24) is 0 Å². The number of rotatable bonds is 2. The second-order valence-corrected chi connectivity index (χ2v) is 3.78. The van der Waals surface area contributed by atoms with E-state index in [4.69, 9.17) is 0 Å². The first-order valence-corrected chi connectivity index (χ1v) is 4.08. The molecule has 0 aliphatic carbocycles. The van der Waals surface area contributed by atoms with Crippen molar-refractivity contribution in [2.75, 3.05) is 0 Å². The number of hydrogen-bond acceptors (Lipinski definition) is 4. The fourth-order valence-electron chi connectivity index (χ4n) is 0.0427. The molecule has 7 heteroatoms. The molecule has 0 amide bonds. The molecule has 0 aliphatic rings. The Balaban J connectivity index is 0. The van der Waals surface area contributed by atoms with E-state index in [1.54, 1.807) is 4.31 Å². The summed E-state index contributed by atoms with van der Waals surface area (Å²) in [5, 5.41) is 0. The number of halogens is 1. The van der Waals surface area contributed by atoms with Crippen LogP contribution in [0.25, 0.3) is 0 Å². The van der Waals surface area contributed by atoms with Crippen LogP contribution in [0, 0.1) is 0 Å². The second-order valence-electron chi connectivity index (χ2n) is 0.733. The molecule has 3 nitrogen and oxygen atoms in total. The molecule has 46 valence electrons. The van der Waals surface area contributed by atoms with Crippen molar-refractivity contribution in [3.8, 4) is 0 Å². The molecule has 1 unspecified atom stereocenters. The van der Waals surface area contributed by atoms with Gasteiger partial charge in [-0.3, -0.25) is 4.21 Å². The molecular formula is C2IKO3S2. The maximum absolute atomic E-state index is 10.4. The third kappa shape index (κ3) is 5.42. The molecule has 0 aromatic rings. The van der Waals surface area contributed by atoms with E-state index in [9.17, 15) is 9.00 Å². The van der Waals surface area contributed by atoms with Gasteiger partial charge in [-0.05, 0) is 12.2 Å². The summed E-state index contributed by atoms with van der Waals surface area (Å²) in [5.74, 6) is 0. The Morgan fingerprint density at radius 3 is 2.22 bits per heavy atom. The third-order valence-electron chi connectivity index (χ3n) is 0.308. The summed E-state index contributed by atoms with van der Waals surface area (Å²) in [4.78, 5) is 9.63. The molecule has 0 bridgehead atoms. The fraction of sp³-hybridized carbons (Fsp3) is 0. The van der Waals surface area contributed by atoms with Gasteiger partial charge in [-0.2, -0.15) is 0 Å². The predicted molar refractivity (Wildman–Crippen MR) is 41.5 cm³/mol. The summed E-state index contributed by atoms with van der Waals surface area (Å²) in [5.41, 5.74) is 1.11. The first-order chi connectivity index (χ1) is 3.68. The maximum atomic E-state index is 10.4. The number of thiocarbonyl (C=S) groups is 1. The van der Waals surface area contributed by atoms with E-state index in [0.717, 1.165) is 5.62 Å². The van der Waals surface area contributed by atoms with Crippen molar-refractivity contribution in [3.63, 3.8) is 0 Å². The zero-order valence-corrected chi connectivity index (χ0v) is 11.3. The van der Waals surface area contributed by atoms with Crippen molar-refractivity contribution >= 4 is 55.0 Å². The second kappa shape index (κ2) is 6.83. The summed E-state index contributed by atoms with van der Waals surface area (Å²) in [7, 11) is -3.16. The minimum atomic E-state index is -3.16. The summed E-state index contributed by atoms with van der Waals surface area (Å²) < 4.78 is 16.3. The van der Waals surface area contributed by atoms with Gasteiger partial charge in [0.1, 0.15) is 23.0 Å². The van der Waals surface area contributed by atoms with Gasteiger partial charge in [-0.15, -0.1) is 5.62 Å². The third-order valence-corrected chi connectivity index (χ3v) is 3.10. The van der Waals surface area contributed by atoms with E-state index in [-0.39, 0.29) is 51.4 Å². The SMILES string of the molecule is O=[C-]S(=O)(=C=S)OI.[K+]. The monoisotopic (exact) mass is 302 g/mol. The smallest absolute Gasteiger partial charge is 0.526 e. The molecule has 0 fully saturated rings. The van der Waals surface area contributed by atoms with Crippen LogP contribution in [0.2, 0.25) is 0 Å². The van der Waals surface area contributed by atoms with Crippen LogP contribution in [-0.2, 0) is 17.1 Å². The normalized spacial score (nSPS) is 14.3. The largest absolute Gasteiger partial charge is 1.00 e. The van der Waals surface area contributed by atoms with Crippen molar-refractivity contribution in [3.05, 3.63) is 0 Å². The summed E-state index contributed by atoms with van der Waals surface area (Å²) in [6.07, 6.45) is 0. The molecule has 0 aliphatic heterocycles. The summed E-state index contributed by atoms with van der Waals surface area (Å²) >= 11 is 5.37. The Hall–Kier alpha value is 2.15. The van der Waals surface area contributed by atoms with E-state index in [1.165, 1.54) is 23.0 Å². The quantitative estimate of drug-likeness (QED) is 0.244. The van der Waals surface area contributed by atoms with E-state index in [0.29, 0.717) is 0 Å². The van der Waals surface area contributed by atoms with Crippen molar-refractivity contribution < 1.29 is 62.9 Å². The molecule has 0 heterocycles. The van der Waals surface area contributed by atoms with Crippen molar-refractivity contribution in [2.24, 2.45) is 0 Å². The van der Waals surface area contributed by atoms with Gasteiger partial charge in [0.25, 0.3) is 0 Å².